The zero-order chi connectivity index (χ0) is 19.9. The number of carbonyl (C=O) groups is 1. The van der Waals surface area contributed by atoms with Crippen LogP contribution in [0.5, 0.6) is 0 Å². The summed E-state index contributed by atoms with van der Waals surface area (Å²) in [5.41, 5.74) is 6.40. The highest BCUT2D eigenvalue weighted by atomic mass is 127. The molecule has 2 rings (SSSR count). The molecule has 1 heterocycles. The van der Waals surface area contributed by atoms with Crippen molar-refractivity contribution in [2.75, 3.05) is 13.1 Å². The quantitative estimate of drug-likeness (QED) is 0.280. The lowest BCUT2D eigenvalue weighted by molar-refractivity contribution is 0.0972. The molecule has 2 aromatic rings. The predicted octanol–water partition coefficient (Wildman–Crippen LogP) is 3.97. The Balaban J connectivity index is 0.00000392. The summed E-state index contributed by atoms with van der Waals surface area (Å²) in [5, 5.41) is 7.33. The van der Waals surface area contributed by atoms with E-state index in [1.165, 1.54) is 5.56 Å². The number of halogens is 2. The highest BCUT2D eigenvalue weighted by Gasteiger charge is 2.19. The van der Waals surface area contributed by atoms with Crippen molar-refractivity contribution in [3.63, 3.8) is 0 Å². The van der Waals surface area contributed by atoms with E-state index < -0.39 is 5.91 Å². The highest BCUT2D eigenvalue weighted by molar-refractivity contribution is 14.0. The number of hydrogen-bond donors (Lipinski definition) is 3. The monoisotopic (exact) mass is 518 g/mol. The van der Waals surface area contributed by atoms with Gasteiger partial charge in [-0.05, 0) is 48.6 Å². The first-order chi connectivity index (χ1) is 12.8. The molecule has 1 aromatic heterocycles. The lowest BCUT2D eigenvalue weighted by atomic mass is 9.86. The third kappa shape index (κ3) is 8.10. The van der Waals surface area contributed by atoms with Gasteiger partial charge in [0.2, 0.25) is 0 Å². The molecule has 8 heteroatoms. The first-order valence-corrected chi connectivity index (χ1v) is 9.32. The lowest BCUT2D eigenvalue weighted by Gasteiger charge is -2.26. The minimum atomic E-state index is -0.585. The van der Waals surface area contributed by atoms with Crippen LogP contribution in [0.4, 0.5) is 0 Å². The number of hydrogen-bond acceptors (Lipinski definition) is 3. The number of benzene rings is 1. The number of nitrogens with one attached hydrogen (secondary N) is 2. The fourth-order valence-corrected chi connectivity index (χ4v) is 2.89. The predicted molar refractivity (Wildman–Crippen MR) is 124 cm³/mol. The Bertz CT molecular complexity index is 805. The van der Waals surface area contributed by atoms with Gasteiger partial charge in [-0.15, -0.1) is 24.0 Å². The van der Waals surface area contributed by atoms with Gasteiger partial charge >= 0.3 is 0 Å². The van der Waals surface area contributed by atoms with Crippen molar-refractivity contribution in [2.45, 2.75) is 33.7 Å². The average Bonchev–Trinajstić information content (AvgIpc) is 3.06. The Kier molecular flexibility index (Phi) is 9.81. The Morgan fingerprint density at radius 3 is 2.61 bits per heavy atom. The van der Waals surface area contributed by atoms with Crippen LogP contribution in [0.1, 0.15) is 42.6 Å². The summed E-state index contributed by atoms with van der Waals surface area (Å²) in [6.07, 6.45) is 0.889. The van der Waals surface area contributed by atoms with Crippen LogP contribution in [0.2, 0.25) is 5.02 Å². The number of nitrogens with two attached hydrogens (primary N) is 1. The summed E-state index contributed by atoms with van der Waals surface area (Å²) < 4.78 is 5.36. The van der Waals surface area contributed by atoms with Crippen molar-refractivity contribution in [3.8, 4) is 0 Å². The molecular weight excluding hydrogens is 491 g/mol. The number of nitrogens with zero attached hydrogens (tertiary/aromatic N) is 1. The van der Waals surface area contributed by atoms with E-state index in [0.717, 1.165) is 24.5 Å². The van der Waals surface area contributed by atoms with Crippen LogP contribution in [0.15, 0.2) is 45.8 Å². The fourth-order valence-electron chi connectivity index (χ4n) is 2.68. The molecule has 0 aliphatic heterocycles. The normalized spacial score (nSPS) is 11.6. The number of primary amides is 1. The van der Waals surface area contributed by atoms with Crippen LogP contribution in [-0.4, -0.2) is 25.0 Å². The van der Waals surface area contributed by atoms with Crippen LogP contribution < -0.4 is 16.4 Å². The van der Waals surface area contributed by atoms with Crippen LogP contribution in [-0.2, 0) is 13.0 Å². The van der Waals surface area contributed by atoms with Gasteiger partial charge in [-0.25, -0.2) is 4.99 Å². The second kappa shape index (κ2) is 11.3. The third-order valence-electron chi connectivity index (χ3n) is 3.95. The maximum Gasteiger partial charge on any atom is 0.284 e. The van der Waals surface area contributed by atoms with Crippen molar-refractivity contribution < 1.29 is 9.21 Å². The van der Waals surface area contributed by atoms with E-state index in [2.05, 4.69) is 35.5 Å². The SMILES string of the molecule is CCNC(=NCc1ccc(C(N)=O)o1)NCC(C)(C)Cc1cccc(Cl)c1.I. The minimum absolute atomic E-state index is 0. The second-order valence-corrected chi connectivity index (χ2v) is 7.59. The Hall–Kier alpha value is -1.74. The van der Waals surface area contributed by atoms with Crippen molar-refractivity contribution >= 4 is 47.4 Å². The van der Waals surface area contributed by atoms with Crippen LogP contribution in [0.25, 0.3) is 0 Å². The number of rotatable bonds is 8. The maximum absolute atomic E-state index is 11.1. The smallest absolute Gasteiger partial charge is 0.284 e. The first-order valence-electron chi connectivity index (χ1n) is 8.94. The Morgan fingerprint density at radius 1 is 1.25 bits per heavy atom. The van der Waals surface area contributed by atoms with Gasteiger partial charge in [0, 0.05) is 18.1 Å². The number of aliphatic imine (C=N–C) groups is 1. The molecule has 0 saturated carbocycles. The molecule has 1 amide bonds. The van der Waals surface area contributed by atoms with E-state index in [9.17, 15) is 4.79 Å². The highest BCUT2D eigenvalue weighted by Crippen LogP contribution is 2.22. The van der Waals surface area contributed by atoms with E-state index in [4.69, 9.17) is 21.8 Å². The van der Waals surface area contributed by atoms with E-state index >= 15 is 0 Å². The van der Waals surface area contributed by atoms with Gasteiger partial charge < -0.3 is 20.8 Å². The van der Waals surface area contributed by atoms with Crippen molar-refractivity contribution in [3.05, 3.63) is 58.5 Å². The summed E-state index contributed by atoms with van der Waals surface area (Å²) >= 11 is 6.08. The second-order valence-electron chi connectivity index (χ2n) is 7.15. The largest absolute Gasteiger partial charge is 0.454 e. The van der Waals surface area contributed by atoms with Gasteiger partial charge in [0.1, 0.15) is 12.3 Å². The Labute approximate surface area is 188 Å². The van der Waals surface area contributed by atoms with Gasteiger partial charge in [-0.1, -0.05) is 37.6 Å². The summed E-state index contributed by atoms with van der Waals surface area (Å²) in [6, 6.07) is 11.2. The summed E-state index contributed by atoms with van der Waals surface area (Å²) in [6.45, 7) is 8.18. The van der Waals surface area contributed by atoms with E-state index in [-0.39, 0.29) is 35.2 Å². The Morgan fingerprint density at radius 2 is 2.00 bits per heavy atom. The number of amides is 1. The molecule has 28 heavy (non-hydrogen) atoms. The molecule has 0 aliphatic carbocycles. The van der Waals surface area contributed by atoms with Crippen LogP contribution in [0.3, 0.4) is 0 Å². The molecular formula is C20H28ClIN4O2. The fraction of sp³-hybridized carbons (Fsp3) is 0.400. The summed E-state index contributed by atoms with van der Waals surface area (Å²) in [7, 11) is 0. The van der Waals surface area contributed by atoms with Crippen molar-refractivity contribution in [2.24, 2.45) is 16.1 Å². The summed E-state index contributed by atoms with van der Waals surface area (Å²) in [5.74, 6) is 0.826. The van der Waals surface area contributed by atoms with Gasteiger partial charge in [0.05, 0.1) is 0 Å². The summed E-state index contributed by atoms with van der Waals surface area (Å²) in [4.78, 5) is 15.6. The van der Waals surface area contributed by atoms with Crippen LogP contribution in [0, 0.1) is 5.41 Å². The number of guanidine groups is 1. The average molecular weight is 519 g/mol. The molecule has 0 unspecified atom stereocenters. The molecule has 0 saturated heterocycles. The molecule has 0 spiro atoms. The molecule has 1 aromatic carbocycles. The van der Waals surface area contributed by atoms with Gasteiger partial charge in [0.15, 0.2) is 11.7 Å². The van der Waals surface area contributed by atoms with E-state index in [0.29, 0.717) is 18.3 Å². The number of carbonyl (C=O) groups excluding carboxylic acids is 1. The van der Waals surface area contributed by atoms with Gasteiger partial charge in [0.25, 0.3) is 5.91 Å². The van der Waals surface area contributed by atoms with Crippen molar-refractivity contribution in [1.82, 2.24) is 10.6 Å². The molecule has 0 atom stereocenters. The molecule has 6 nitrogen and oxygen atoms in total. The van der Waals surface area contributed by atoms with E-state index in [1.807, 2.05) is 25.1 Å². The lowest BCUT2D eigenvalue weighted by Crippen LogP contribution is -2.42. The molecule has 0 aliphatic rings. The first kappa shape index (κ1) is 24.3. The van der Waals surface area contributed by atoms with Gasteiger partial charge in [-0.3, -0.25) is 4.79 Å². The van der Waals surface area contributed by atoms with E-state index in [1.54, 1.807) is 12.1 Å². The topological polar surface area (TPSA) is 92.6 Å². The number of furan rings is 1. The van der Waals surface area contributed by atoms with Crippen molar-refractivity contribution in [1.29, 1.82) is 0 Å². The minimum Gasteiger partial charge on any atom is -0.454 e. The third-order valence-corrected chi connectivity index (χ3v) is 4.18. The molecule has 154 valence electrons. The zero-order valence-corrected chi connectivity index (χ0v) is 19.5. The zero-order valence-electron chi connectivity index (χ0n) is 16.4. The maximum atomic E-state index is 11.1. The van der Waals surface area contributed by atoms with Gasteiger partial charge in [-0.2, -0.15) is 0 Å². The molecule has 4 N–H and O–H groups in total. The molecule has 0 fully saturated rings. The standard InChI is InChI=1S/C20H27ClN4O2.HI/c1-4-23-19(24-12-16-8-9-17(27-16)18(22)26)25-13-20(2,3)11-14-6-5-7-15(21)10-14;/h5-10H,4,11-13H2,1-3H3,(H2,22,26)(H2,23,24,25);1H. The molecule has 0 bridgehead atoms. The van der Waals surface area contributed by atoms with Crippen LogP contribution >= 0.6 is 35.6 Å². The molecule has 0 radical (unpaired) electrons.